The Balaban J connectivity index is 2.27. The van der Waals surface area contributed by atoms with Crippen molar-refractivity contribution >= 4 is 5.69 Å². The molecule has 2 aromatic rings. The van der Waals surface area contributed by atoms with Gasteiger partial charge in [-0.2, -0.15) is 0 Å². The Bertz CT molecular complexity index is 572. The van der Waals surface area contributed by atoms with Gasteiger partial charge in [0.15, 0.2) is 0 Å². The molecule has 1 unspecified atom stereocenters. The maximum Gasteiger partial charge on any atom is 0.272 e. The molecule has 0 radical (unpaired) electrons. The number of nitrogens with zero attached hydrogens (tertiary/aromatic N) is 2. The lowest BCUT2D eigenvalue weighted by Gasteiger charge is -2.18. The number of likely N-dealkylation sites (N-methyl/N-ethyl adjacent to an activating group) is 1. The van der Waals surface area contributed by atoms with E-state index in [0.717, 1.165) is 17.7 Å². The van der Waals surface area contributed by atoms with Gasteiger partial charge >= 0.3 is 0 Å². The highest BCUT2D eigenvalue weighted by Gasteiger charge is 2.18. The van der Waals surface area contributed by atoms with Crippen LogP contribution in [0.15, 0.2) is 48.8 Å². The van der Waals surface area contributed by atoms with Crippen LogP contribution < -0.4 is 5.32 Å². The molecule has 0 aliphatic rings. The number of rotatable bonds is 6. The zero-order valence-corrected chi connectivity index (χ0v) is 11.3. The molecule has 1 heterocycles. The van der Waals surface area contributed by atoms with Crippen LogP contribution in [-0.2, 0) is 6.42 Å². The van der Waals surface area contributed by atoms with Gasteiger partial charge in [0.25, 0.3) is 5.69 Å². The maximum atomic E-state index is 11.1. The first-order chi connectivity index (χ1) is 9.72. The third-order valence-corrected chi connectivity index (χ3v) is 3.15. The molecule has 0 saturated heterocycles. The van der Waals surface area contributed by atoms with E-state index < -0.39 is 0 Å². The number of nitrogens with one attached hydrogen (secondary N) is 1. The van der Waals surface area contributed by atoms with Crippen molar-refractivity contribution in [3.63, 3.8) is 0 Å². The number of nitro groups is 1. The van der Waals surface area contributed by atoms with Crippen LogP contribution in [0.3, 0.4) is 0 Å². The lowest BCUT2D eigenvalue weighted by Crippen LogP contribution is -2.23. The molecular formula is C15H17N3O2. The standard InChI is InChI=1S/C15H17N3O2/c1-2-17-14(13-7-5-9-16-11-13)10-12-6-3-4-8-15(12)18(19)20/h3-9,11,14,17H,2,10H2,1H3. The number of hydrogen-bond acceptors (Lipinski definition) is 4. The highest BCUT2D eigenvalue weighted by atomic mass is 16.6. The van der Waals surface area contributed by atoms with Gasteiger partial charge in [-0.25, -0.2) is 0 Å². The van der Waals surface area contributed by atoms with Crippen molar-refractivity contribution in [3.8, 4) is 0 Å². The third-order valence-electron chi connectivity index (χ3n) is 3.15. The van der Waals surface area contributed by atoms with Crippen LogP contribution in [0.5, 0.6) is 0 Å². The Morgan fingerprint density at radius 1 is 1.30 bits per heavy atom. The summed E-state index contributed by atoms with van der Waals surface area (Å²) < 4.78 is 0. The van der Waals surface area contributed by atoms with Crippen molar-refractivity contribution in [1.82, 2.24) is 10.3 Å². The SMILES string of the molecule is CCNC(Cc1ccccc1[N+](=O)[O-])c1cccnc1. The quantitative estimate of drug-likeness (QED) is 0.648. The number of pyridine rings is 1. The van der Waals surface area contributed by atoms with Gasteiger partial charge in [0.2, 0.25) is 0 Å². The largest absolute Gasteiger partial charge is 0.310 e. The average Bonchev–Trinajstić information content (AvgIpc) is 2.48. The Kier molecular flexibility index (Phi) is 4.79. The summed E-state index contributed by atoms with van der Waals surface area (Å²) in [4.78, 5) is 14.9. The van der Waals surface area contributed by atoms with E-state index in [4.69, 9.17) is 0 Å². The van der Waals surface area contributed by atoms with E-state index in [-0.39, 0.29) is 16.7 Å². The van der Waals surface area contributed by atoms with E-state index in [2.05, 4.69) is 10.3 Å². The molecular weight excluding hydrogens is 254 g/mol. The van der Waals surface area contributed by atoms with Gasteiger partial charge < -0.3 is 5.32 Å². The minimum Gasteiger partial charge on any atom is -0.310 e. The Labute approximate surface area is 117 Å². The molecule has 0 fully saturated rings. The molecule has 5 nitrogen and oxygen atoms in total. The van der Waals surface area contributed by atoms with Crippen LogP contribution >= 0.6 is 0 Å². The van der Waals surface area contributed by atoms with Crippen LogP contribution in [0.4, 0.5) is 5.69 Å². The smallest absolute Gasteiger partial charge is 0.272 e. The van der Waals surface area contributed by atoms with Crippen molar-refractivity contribution < 1.29 is 4.92 Å². The first kappa shape index (κ1) is 14.1. The summed E-state index contributed by atoms with van der Waals surface area (Å²) in [5.74, 6) is 0. The summed E-state index contributed by atoms with van der Waals surface area (Å²) in [6.45, 7) is 2.81. The molecule has 20 heavy (non-hydrogen) atoms. The molecule has 1 atom stereocenters. The maximum absolute atomic E-state index is 11.1. The van der Waals surface area contributed by atoms with Gasteiger partial charge in [-0.3, -0.25) is 15.1 Å². The van der Waals surface area contributed by atoms with Gasteiger partial charge in [0, 0.05) is 30.1 Å². The first-order valence-electron chi connectivity index (χ1n) is 6.58. The van der Waals surface area contributed by atoms with Gasteiger partial charge in [0.1, 0.15) is 0 Å². The van der Waals surface area contributed by atoms with Crippen molar-refractivity contribution in [2.75, 3.05) is 6.54 Å². The topological polar surface area (TPSA) is 68.1 Å². The minimum absolute atomic E-state index is 0.0230. The fourth-order valence-corrected chi connectivity index (χ4v) is 2.22. The van der Waals surface area contributed by atoms with E-state index in [1.54, 1.807) is 30.6 Å². The van der Waals surface area contributed by atoms with E-state index in [9.17, 15) is 10.1 Å². The normalized spacial score (nSPS) is 12.1. The zero-order valence-electron chi connectivity index (χ0n) is 11.3. The van der Waals surface area contributed by atoms with Crippen LogP contribution in [0.2, 0.25) is 0 Å². The third kappa shape index (κ3) is 3.39. The van der Waals surface area contributed by atoms with Crippen LogP contribution in [0.25, 0.3) is 0 Å². The van der Waals surface area contributed by atoms with Gasteiger partial charge in [-0.15, -0.1) is 0 Å². The van der Waals surface area contributed by atoms with Crippen LogP contribution in [0, 0.1) is 10.1 Å². The minimum atomic E-state index is -0.332. The molecule has 5 heteroatoms. The molecule has 1 aromatic carbocycles. The summed E-state index contributed by atoms with van der Waals surface area (Å²) >= 11 is 0. The predicted octanol–water partition coefficient (Wildman–Crippen LogP) is 2.88. The summed E-state index contributed by atoms with van der Waals surface area (Å²) in [5, 5.41) is 14.4. The number of para-hydroxylation sites is 1. The summed E-state index contributed by atoms with van der Waals surface area (Å²) in [6.07, 6.45) is 4.08. The van der Waals surface area contributed by atoms with Gasteiger partial charge in [0.05, 0.1) is 4.92 Å². The molecule has 0 aliphatic carbocycles. The highest BCUT2D eigenvalue weighted by Crippen LogP contribution is 2.24. The van der Waals surface area contributed by atoms with Crippen LogP contribution in [-0.4, -0.2) is 16.5 Å². The van der Waals surface area contributed by atoms with E-state index >= 15 is 0 Å². The monoisotopic (exact) mass is 271 g/mol. The lowest BCUT2D eigenvalue weighted by atomic mass is 9.99. The number of hydrogen-bond donors (Lipinski definition) is 1. The number of benzene rings is 1. The Morgan fingerprint density at radius 2 is 2.10 bits per heavy atom. The van der Waals surface area contributed by atoms with Crippen molar-refractivity contribution in [2.24, 2.45) is 0 Å². The van der Waals surface area contributed by atoms with Crippen molar-refractivity contribution in [1.29, 1.82) is 0 Å². The molecule has 1 N–H and O–H groups in total. The number of nitro benzene ring substituents is 1. The fraction of sp³-hybridized carbons (Fsp3) is 0.267. The first-order valence-corrected chi connectivity index (χ1v) is 6.58. The van der Waals surface area contributed by atoms with E-state index in [0.29, 0.717) is 6.42 Å². The fourth-order valence-electron chi connectivity index (χ4n) is 2.22. The second-order valence-electron chi connectivity index (χ2n) is 4.49. The second-order valence-corrected chi connectivity index (χ2v) is 4.49. The molecule has 104 valence electrons. The summed E-state index contributed by atoms with van der Waals surface area (Å²) in [6, 6.07) is 10.7. The summed E-state index contributed by atoms with van der Waals surface area (Å²) in [5.41, 5.74) is 1.93. The average molecular weight is 271 g/mol. The summed E-state index contributed by atoms with van der Waals surface area (Å²) in [7, 11) is 0. The molecule has 2 rings (SSSR count). The highest BCUT2D eigenvalue weighted by molar-refractivity contribution is 5.41. The van der Waals surface area contributed by atoms with E-state index in [1.165, 1.54) is 0 Å². The molecule has 0 amide bonds. The molecule has 1 aromatic heterocycles. The predicted molar refractivity (Wildman–Crippen MR) is 77.5 cm³/mol. The molecule has 0 spiro atoms. The van der Waals surface area contributed by atoms with Gasteiger partial charge in [-0.1, -0.05) is 31.2 Å². The molecule has 0 saturated carbocycles. The Morgan fingerprint density at radius 3 is 2.75 bits per heavy atom. The Hall–Kier alpha value is -2.27. The molecule has 0 aliphatic heterocycles. The molecule has 0 bridgehead atoms. The number of aromatic nitrogens is 1. The zero-order chi connectivity index (χ0) is 14.4. The van der Waals surface area contributed by atoms with Gasteiger partial charge in [-0.05, 0) is 24.6 Å². The van der Waals surface area contributed by atoms with E-state index in [1.807, 2.05) is 25.1 Å². The van der Waals surface area contributed by atoms with Crippen molar-refractivity contribution in [3.05, 3.63) is 70.0 Å². The lowest BCUT2D eigenvalue weighted by molar-refractivity contribution is -0.385. The second kappa shape index (κ2) is 6.77. The van der Waals surface area contributed by atoms with Crippen LogP contribution in [0.1, 0.15) is 24.1 Å². The van der Waals surface area contributed by atoms with Crippen molar-refractivity contribution in [2.45, 2.75) is 19.4 Å².